The second kappa shape index (κ2) is 5.59. The van der Waals surface area contributed by atoms with E-state index in [4.69, 9.17) is 22.7 Å². The molecule has 1 aliphatic rings. The van der Waals surface area contributed by atoms with Gasteiger partial charge in [0.2, 0.25) is 5.91 Å². The lowest BCUT2D eigenvalue weighted by molar-refractivity contribution is -0.126. The van der Waals surface area contributed by atoms with Crippen molar-refractivity contribution in [3.63, 3.8) is 0 Å². The summed E-state index contributed by atoms with van der Waals surface area (Å²) in [6.07, 6.45) is 3.82. The highest BCUT2D eigenvalue weighted by Gasteiger charge is 2.37. The van der Waals surface area contributed by atoms with Crippen LogP contribution in [0.15, 0.2) is 0 Å². The summed E-state index contributed by atoms with van der Waals surface area (Å²) in [6.45, 7) is 2.46. The fourth-order valence-electron chi connectivity index (χ4n) is 1.91. The van der Waals surface area contributed by atoms with Crippen LogP contribution >= 0.6 is 12.2 Å². The molecule has 1 unspecified atom stereocenters. The van der Waals surface area contributed by atoms with E-state index < -0.39 is 0 Å². The first-order chi connectivity index (χ1) is 7.54. The monoisotopic (exact) mass is 244 g/mol. The van der Waals surface area contributed by atoms with Crippen LogP contribution in [0.2, 0.25) is 0 Å². The smallest absolute Gasteiger partial charge is 0.230 e. The van der Waals surface area contributed by atoms with Crippen LogP contribution < -0.4 is 11.1 Å². The van der Waals surface area contributed by atoms with E-state index in [0.717, 1.165) is 19.3 Å². The molecule has 1 saturated carbocycles. The number of hydrogen-bond acceptors (Lipinski definition) is 3. The lowest BCUT2D eigenvalue weighted by atomic mass is 9.80. The number of thiocarbonyl (C=S) groups is 1. The largest absolute Gasteiger partial charge is 0.393 e. The average Bonchev–Trinajstić information content (AvgIpc) is 2.17. The molecule has 0 spiro atoms. The van der Waals surface area contributed by atoms with Crippen LogP contribution in [0.5, 0.6) is 0 Å². The molecule has 5 heteroatoms. The molecule has 4 nitrogen and oxygen atoms in total. The Labute approximate surface area is 102 Å². The molecule has 0 aromatic rings. The van der Waals surface area contributed by atoms with Crippen LogP contribution in [0.1, 0.15) is 32.6 Å². The van der Waals surface area contributed by atoms with E-state index in [1.54, 1.807) is 7.11 Å². The molecule has 1 rings (SSSR count). The van der Waals surface area contributed by atoms with Gasteiger partial charge in [0.05, 0.1) is 16.5 Å². The average molecular weight is 244 g/mol. The van der Waals surface area contributed by atoms with Crippen LogP contribution in [0.3, 0.4) is 0 Å². The van der Waals surface area contributed by atoms with Gasteiger partial charge in [-0.05, 0) is 25.7 Å². The van der Waals surface area contributed by atoms with Crippen molar-refractivity contribution >= 4 is 23.1 Å². The molecule has 0 aromatic carbocycles. The summed E-state index contributed by atoms with van der Waals surface area (Å²) < 4.78 is 5.42. The number of ether oxygens (including phenoxy) is 1. The summed E-state index contributed by atoms with van der Waals surface area (Å²) >= 11 is 4.86. The zero-order valence-corrected chi connectivity index (χ0v) is 10.7. The predicted octanol–water partition coefficient (Wildman–Crippen LogP) is 0.984. The fraction of sp³-hybridized carbons (Fsp3) is 0.818. The number of nitrogens with two attached hydrogens (primary N) is 1. The molecular formula is C11H20N2O2S. The van der Waals surface area contributed by atoms with E-state index in [-0.39, 0.29) is 22.4 Å². The maximum absolute atomic E-state index is 11.8. The predicted molar refractivity (Wildman–Crippen MR) is 67.2 cm³/mol. The third-order valence-electron chi connectivity index (χ3n) is 3.35. The highest BCUT2D eigenvalue weighted by atomic mass is 32.1. The van der Waals surface area contributed by atoms with Crippen molar-refractivity contribution < 1.29 is 9.53 Å². The minimum Gasteiger partial charge on any atom is -0.393 e. The van der Waals surface area contributed by atoms with Crippen molar-refractivity contribution in [1.82, 2.24) is 5.32 Å². The minimum atomic E-state index is -0.357. The summed E-state index contributed by atoms with van der Waals surface area (Å²) in [6, 6.07) is 0. The van der Waals surface area contributed by atoms with Gasteiger partial charge in [-0.25, -0.2) is 0 Å². The zero-order valence-electron chi connectivity index (χ0n) is 9.91. The van der Waals surface area contributed by atoms with E-state index in [0.29, 0.717) is 13.0 Å². The van der Waals surface area contributed by atoms with Gasteiger partial charge in [0.15, 0.2) is 0 Å². The van der Waals surface area contributed by atoms with Crippen molar-refractivity contribution in [2.75, 3.05) is 13.7 Å². The van der Waals surface area contributed by atoms with Crippen LogP contribution in [0.4, 0.5) is 0 Å². The molecule has 1 aliphatic carbocycles. The Balaban J connectivity index is 2.42. The Hall–Kier alpha value is -0.680. The Morgan fingerprint density at radius 2 is 2.25 bits per heavy atom. The van der Waals surface area contributed by atoms with Crippen LogP contribution in [-0.2, 0) is 9.53 Å². The first kappa shape index (κ1) is 13.4. The van der Waals surface area contributed by atoms with E-state index in [9.17, 15) is 4.79 Å². The summed E-state index contributed by atoms with van der Waals surface area (Å²) in [4.78, 5) is 12.0. The standard InChI is InChI=1S/C11H20N2O2S/c1-3-8(9(12)16)10(14)13-7-11(15-2)5-4-6-11/h8H,3-7H2,1-2H3,(H2,12,16)(H,13,14). The van der Waals surface area contributed by atoms with Crippen LogP contribution in [0.25, 0.3) is 0 Å². The third kappa shape index (κ3) is 2.92. The SMILES string of the molecule is CCC(C(=O)NCC1(OC)CCC1)C(N)=S. The Kier molecular flexibility index (Phi) is 4.68. The van der Waals surface area contributed by atoms with Crippen LogP contribution in [0, 0.1) is 5.92 Å². The maximum Gasteiger partial charge on any atom is 0.230 e. The second-order valence-corrected chi connectivity index (χ2v) is 4.79. The molecule has 0 bridgehead atoms. The highest BCUT2D eigenvalue weighted by Crippen LogP contribution is 2.34. The minimum absolute atomic E-state index is 0.0849. The van der Waals surface area contributed by atoms with Gasteiger partial charge in [0.25, 0.3) is 0 Å². The van der Waals surface area contributed by atoms with Gasteiger partial charge in [-0.2, -0.15) is 0 Å². The van der Waals surface area contributed by atoms with E-state index in [1.807, 2.05) is 6.92 Å². The Morgan fingerprint density at radius 3 is 2.56 bits per heavy atom. The van der Waals surface area contributed by atoms with Gasteiger partial charge in [0, 0.05) is 13.7 Å². The quantitative estimate of drug-likeness (QED) is 0.684. The van der Waals surface area contributed by atoms with Gasteiger partial charge in [0.1, 0.15) is 0 Å². The first-order valence-electron chi connectivity index (χ1n) is 5.67. The number of methoxy groups -OCH3 is 1. The number of rotatable bonds is 6. The van der Waals surface area contributed by atoms with Crippen molar-refractivity contribution in [2.24, 2.45) is 11.7 Å². The third-order valence-corrected chi connectivity index (χ3v) is 3.64. The number of hydrogen-bond donors (Lipinski definition) is 2. The van der Waals surface area contributed by atoms with Gasteiger partial charge >= 0.3 is 0 Å². The molecule has 0 radical (unpaired) electrons. The van der Waals surface area contributed by atoms with E-state index in [1.165, 1.54) is 0 Å². The van der Waals surface area contributed by atoms with Crippen molar-refractivity contribution in [1.29, 1.82) is 0 Å². The lowest BCUT2D eigenvalue weighted by Crippen LogP contribution is -2.51. The van der Waals surface area contributed by atoms with E-state index >= 15 is 0 Å². The summed E-state index contributed by atoms with van der Waals surface area (Å²) in [5.74, 6) is -0.442. The van der Waals surface area contributed by atoms with E-state index in [2.05, 4.69) is 5.32 Å². The molecule has 0 aliphatic heterocycles. The molecule has 0 saturated heterocycles. The zero-order chi connectivity index (χ0) is 12.2. The molecular weight excluding hydrogens is 224 g/mol. The fourth-order valence-corrected chi connectivity index (χ4v) is 2.19. The number of amides is 1. The first-order valence-corrected chi connectivity index (χ1v) is 6.07. The van der Waals surface area contributed by atoms with Gasteiger partial charge in [-0.3, -0.25) is 4.79 Å². The summed E-state index contributed by atoms with van der Waals surface area (Å²) in [5.41, 5.74) is 5.36. The summed E-state index contributed by atoms with van der Waals surface area (Å²) in [7, 11) is 1.69. The maximum atomic E-state index is 11.8. The Morgan fingerprint density at radius 1 is 1.62 bits per heavy atom. The van der Waals surface area contributed by atoms with Gasteiger partial charge < -0.3 is 15.8 Å². The molecule has 0 aromatic heterocycles. The molecule has 3 N–H and O–H groups in total. The Bertz CT molecular complexity index is 272. The number of nitrogens with one attached hydrogen (secondary N) is 1. The number of carbonyl (C=O) groups is 1. The molecule has 1 amide bonds. The van der Waals surface area contributed by atoms with Crippen molar-refractivity contribution in [3.8, 4) is 0 Å². The van der Waals surface area contributed by atoms with Gasteiger partial charge in [-0.15, -0.1) is 0 Å². The molecule has 92 valence electrons. The van der Waals surface area contributed by atoms with Crippen molar-refractivity contribution in [2.45, 2.75) is 38.2 Å². The summed E-state index contributed by atoms with van der Waals surface area (Å²) in [5, 5.41) is 2.88. The van der Waals surface area contributed by atoms with Crippen molar-refractivity contribution in [3.05, 3.63) is 0 Å². The number of carbonyl (C=O) groups excluding carboxylic acids is 1. The molecule has 1 fully saturated rings. The lowest BCUT2D eigenvalue weighted by Gasteiger charge is -2.40. The molecule has 1 atom stereocenters. The highest BCUT2D eigenvalue weighted by molar-refractivity contribution is 7.80. The molecule has 16 heavy (non-hydrogen) atoms. The molecule has 0 heterocycles. The normalized spacial score (nSPS) is 19.6. The van der Waals surface area contributed by atoms with Crippen LogP contribution in [-0.4, -0.2) is 30.2 Å². The second-order valence-electron chi connectivity index (χ2n) is 4.32. The van der Waals surface area contributed by atoms with Gasteiger partial charge in [-0.1, -0.05) is 19.1 Å². The topological polar surface area (TPSA) is 64.3 Å².